The van der Waals surface area contributed by atoms with Crippen molar-refractivity contribution >= 4 is 39.9 Å². The molecule has 1 rings (SSSR count). The number of anilines is 1. The number of hydrogen-bond donors (Lipinski definition) is 1. The van der Waals surface area contributed by atoms with Crippen molar-refractivity contribution in [3.8, 4) is 0 Å². The molecular formula is C6H5ClIN. The van der Waals surface area contributed by atoms with E-state index in [1.165, 1.54) is 0 Å². The van der Waals surface area contributed by atoms with Crippen molar-refractivity contribution in [1.29, 1.82) is 0 Å². The zero-order valence-corrected chi connectivity index (χ0v) is 7.48. The molecule has 3 heteroatoms. The topological polar surface area (TPSA) is 26.0 Å². The molecule has 0 atom stereocenters. The summed E-state index contributed by atoms with van der Waals surface area (Å²) < 4.78 is 1.03. The number of nitrogens with two attached hydrogens (primary N) is 1. The molecule has 0 aromatic heterocycles. The van der Waals surface area contributed by atoms with Crippen LogP contribution in [0.3, 0.4) is 0 Å². The van der Waals surface area contributed by atoms with Crippen molar-refractivity contribution in [1.82, 2.24) is 0 Å². The number of hydrogen-bond acceptors (Lipinski definition) is 1. The first-order chi connectivity index (χ1) is 4.20. The van der Waals surface area contributed by atoms with Crippen molar-refractivity contribution in [2.24, 2.45) is 0 Å². The molecule has 0 fully saturated rings. The molecule has 0 spiro atoms. The van der Waals surface area contributed by atoms with E-state index in [4.69, 9.17) is 17.3 Å². The van der Waals surface area contributed by atoms with Gasteiger partial charge in [-0.2, -0.15) is 0 Å². The van der Waals surface area contributed by atoms with E-state index < -0.39 is 0 Å². The quantitative estimate of drug-likeness (QED) is 0.558. The third kappa shape index (κ3) is 1.72. The van der Waals surface area contributed by atoms with Crippen molar-refractivity contribution in [3.63, 3.8) is 0 Å². The van der Waals surface area contributed by atoms with E-state index in [1.54, 1.807) is 6.07 Å². The van der Waals surface area contributed by atoms with Gasteiger partial charge in [0.1, 0.15) is 0 Å². The summed E-state index contributed by atoms with van der Waals surface area (Å²) in [6, 6.07) is 5.45. The van der Waals surface area contributed by atoms with Crippen LogP contribution in [-0.4, -0.2) is 0 Å². The Morgan fingerprint density at radius 1 is 1.44 bits per heavy atom. The lowest BCUT2D eigenvalue weighted by Crippen LogP contribution is -1.83. The van der Waals surface area contributed by atoms with Crippen LogP contribution in [0.5, 0.6) is 0 Å². The summed E-state index contributed by atoms with van der Waals surface area (Å²) in [5.41, 5.74) is 6.15. The highest BCUT2D eigenvalue weighted by atomic mass is 127. The maximum atomic E-state index is 5.73. The minimum Gasteiger partial charge on any atom is -0.399 e. The number of rotatable bonds is 0. The van der Waals surface area contributed by atoms with E-state index in [0.29, 0.717) is 5.69 Å². The zero-order chi connectivity index (χ0) is 6.85. The van der Waals surface area contributed by atoms with Gasteiger partial charge in [0.2, 0.25) is 0 Å². The van der Waals surface area contributed by atoms with Crippen molar-refractivity contribution in [2.75, 3.05) is 5.73 Å². The van der Waals surface area contributed by atoms with Gasteiger partial charge in [-0.05, 0) is 40.8 Å². The molecule has 0 radical (unpaired) electrons. The Bertz CT molecular complexity index is 224. The highest BCUT2D eigenvalue weighted by Gasteiger charge is 1.93. The average Bonchev–Trinajstić information content (AvgIpc) is 1.80. The predicted octanol–water partition coefficient (Wildman–Crippen LogP) is 2.53. The van der Waals surface area contributed by atoms with Gasteiger partial charge in [0.25, 0.3) is 0 Å². The van der Waals surface area contributed by atoms with Crippen molar-refractivity contribution in [2.45, 2.75) is 0 Å². The maximum Gasteiger partial charge on any atom is 0.0559 e. The molecule has 1 aromatic rings. The smallest absolute Gasteiger partial charge is 0.0559 e. The van der Waals surface area contributed by atoms with E-state index in [-0.39, 0.29) is 0 Å². The molecule has 0 unspecified atom stereocenters. The Kier molecular flexibility index (Phi) is 2.18. The first-order valence-corrected chi connectivity index (χ1v) is 3.86. The van der Waals surface area contributed by atoms with E-state index in [1.807, 2.05) is 12.1 Å². The molecule has 0 aliphatic carbocycles. The van der Waals surface area contributed by atoms with Crippen LogP contribution in [0.1, 0.15) is 0 Å². The van der Waals surface area contributed by atoms with Gasteiger partial charge in [0, 0.05) is 9.26 Å². The van der Waals surface area contributed by atoms with Gasteiger partial charge in [-0.25, -0.2) is 0 Å². The zero-order valence-electron chi connectivity index (χ0n) is 4.57. The number of halogens is 2. The van der Waals surface area contributed by atoms with Crippen LogP contribution >= 0.6 is 34.2 Å². The Hall–Kier alpha value is 0.0400. The minimum atomic E-state index is 0.709. The van der Waals surface area contributed by atoms with Crippen LogP contribution in [-0.2, 0) is 0 Å². The lowest BCUT2D eigenvalue weighted by Gasteiger charge is -1.94. The second kappa shape index (κ2) is 2.75. The van der Waals surface area contributed by atoms with Crippen LogP contribution in [0.25, 0.3) is 0 Å². The Labute approximate surface area is 72.3 Å². The first-order valence-electron chi connectivity index (χ1n) is 2.40. The van der Waals surface area contributed by atoms with Crippen LogP contribution in [0.4, 0.5) is 5.69 Å². The Morgan fingerprint density at radius 2 is 2.11 bits per heavy atom. The van der Waals surface area contributed by atoms with Gasteiger partial charge >= 0.3 is 0 Å². The minimum absolute atomic E-state index is 0.709. The average molecular weight is 253 g/mol. The van der Waals surface area contributed by atoms with E-state index in [0.717, 1.165) is 8.59 Å². The Morgan fingerprint density at radius 3 is 2.56 bits per heavy atom. The monoisotopic (exact) mass is 253 g/mol. The van der Waals surface area contributed by atoms with Gasteiger partial charge < -0.3 is 5.73 Å². The molecule has 0 bridgehead atoms. The summed E-state index contributed by atoms with van der Waals surface area (Å²) in [4.78, 5) is 0. The van der Waals surface area contributed by atoms with Crippen LogP contribution in [0, 0.1) is 3.57 Å². The van der Waals surface area contributed by atoms with E-state index in [2.05, 4.69) is 22.6 Å². The molecule has 48 valence electrons. The third-order valence-corrected chi connectivity index (χ3v) is 2.52. The van der Waals surface area contributed by atoms with Gasteiger partial charge in [-0.15, -0.1) is 0 Å². The van der Waals surface area contributed by atoms with Gasteiger partial charge in [-0.1, -0.05) is 11.6 Å². The molecule has 1 aromatic carbocycles. The predicted molar refractivity (Wildman–Crippen MR) is 48.6 cm³/mol. The molecule has 1 nitrogen and oxygen atoms in total. The lowest BCUT2D eigenvalue weighted by molar-refractivity contribution is 1.63. The molecule has 0 amide bonds. The van der Waals surface area contributed by atoms with Gasteiger partial charge in [0.05, 0.1) is 5.02 Å². The van der Waals surface area contributed by atoms with E-state index in [9.17, 15) is 0 Å². The van der Waals surface area contributed by atoms with Crippen molar-refractivity contribution < 1.29 is 0 Å². The summed E-state index contributed by atoms with van der Waals surface area (Å²) in [7, 11) is 0. The fraction of sp³-hybridized carbons (Fsp3) is 0. The highest BCUT2D eigenvalue weighted by Crippen LogP contribution is 2.19. The second-order valence-corrected chi connectivity index (χ2v) is 3.24. The van der Waals surface area contributed by atoms with Crippen molar-refractivity contribution in [3.05, 3.63) is 26.8 Å². The Balaban J connectivity index is 3.17. The molecule has 0 saturated carbocycles. The summed E-state index contributed by atoms with van der Waals surface area (Å²) in [6.45, 7) is 0. The summed E-state index contributed by atoms with van der Waals surface area (Å²) in [6.07, 6.45) is 0. The van der Waals surface area contributed by atoms with Crippen LogP contribution < -0.4 is 5.73 Å². The summed E-state index contributed by atoms with van der Waals surface area (Å²) in [5, 5.41) is 0.718. The second-order valence-electron chi connectivity index (χ2n) is 1.67. The summed E-state index contributed by atoms with van der Waals surface area (Å²) in [5.74, 6) is 0. The van der Waals surface area contributed by atoms with Crippen LogP contribution in [0.2, 0.25) is 5.02 Å². The third-order valence-electron chi connectivity index (χ3n) is 0.944. The SMILES string of the molecule is Nc1ccc(I)c(Cl)c1. The molecule has 2 N–H and O–H groups in total. The molecule has 0 aliphatic rings. The molecule has 9 heavy (non-hydrogen) atoms. The lowest BCUT2D eigenvalue weighted by atomic mass is 10.3. The number of nitrogen functional groups attached to an aromatic ring is 1. The largest absolute Gasteiger partial charge is 0.399 e. The highest BCUT2D eigenvalue weighted by molar-refractivity contribution is 14.1. The van der Waals surface area contributed by atoms with E-state index >= 15 is 0 Å². The fourth-order valence-corrected chi connectivity index (χ4v) is 1.04. The maximum absolute atomic E-state index is 5.73. The molecule has 0 saturated heterocycles. The standard InChI is InChI=1S/C6H5ClIN/c7-5-3-4(9)1-2-6(5)8/h1-3H,9H2. The molecule has 0 aliphatic heterocycles. The van der Waals surface area contributed by atoms with Gasteiger partial charge in [0.15, 0.2) is 0 Å². The first kappa shape index (κ1) is 7.15. The summed E-state index contributed by atoms with van der Waals surface area (Å²) >= 11 is 7.88. The molecular weight excluding hydrogens is 248 g/mol. The number of benzene rings is 1. The van der Waals surface area contributed by atoms with Crippen LogP contribution in [0.15, 0.2) is 18.2 Å². The fourth-order valence-electron chi connectivity index (χ4n) is 0.512. The molecule has 0 heterocycles. The van der Waals surface area contributed by atoms with Gasteiger partial charge in [-0.3, -0.25) is 0 Å². The normalized spacial score (nSPS) is 9.56.